The van der Waals surface area contributed by atoms with E-state index < -0.39 is 0 Å². The number of hydrogen-bond donors (Lipinski definition) is 1. The number of aromatic amines is 1. The van der Waals surface area contributed by atoms with Crippen molar-refractivity contribution in [1.29, 1.82) is 0 Å². The molecule has 8 nitrogen and oxygen atoms in total. The van der Waals surface area contributed by atoms with Crippen LogP contribution in [0.5, 0.6) is 0 Å². The minimum atomic E-state index is 0.479. The molecule has 1 aliphatic rings. The van der Waals surface area contributed by atoms with Gasteiger partial charge in [-0.25, -0.2) is 4.68 Å². The summed E-state index contributed by atoms with van der Waals surface area (Å²) in [7, 11) is 0. The van der Waals surface area contributed by atoms with Gasteiger partial charge in [0.15, 0.2) is 11.6 Å². The van der Waals surface area contributed by atoms with Crippen molar-refractivity contribution in [3.05, 3.63) is 30.2 Å². The van der Waals surface area contributed by atoms with Crippen molar-refractivity contribution in [2.75, 3.05) is 0 Å². The van der Waals surface area contributed by atoms with Gasteiger partial charge < -0.3 is 0 Å². The molecule has 0 unspecified atom stereocenters. The first-order valence-corrected chi connectivity index (χ1v) is 7.62. The van der Waals surface area contributed by atoms with Crippen LogP contribution in [-0.4, -0.2) is 40.4 Å². The fraction of sp³-hybridized carbons (Fsp3) is 0.333. The molecule has 0 saturated heterocycles. The maximum absolute atomic E-state index is 4.43. The van der Waals surface area contributed by atoms with E-state index >= 15 is 0 Å². The molecular weight excluding hydrogens is 288 g/mol. The molecule has 0 atom stereocenters. The van der Waals surface area contributed by atoms with E-state index in [1.54, 1.807) is 6.20 Å². The van der Waals surface area contributed by atoms with Crippen LogP contribution in [0.4, 0.5) is 0 Å². The molecule has 0 amide bonds. The summed E-state index contributed by atoms with van der Waals surface area (Å²) in [6, 6.07) is 6.16. The number of thioether (sulfide) groups is 1. The fourth-order valence-corrected chi connectivity index (χ4v) is 2.68. The molecule has 1 fully saturated rings. The van der Waals surface area contributed by atoms with Crippen LogP contribution in [0, 0.1) is 0 Å². The minimum absolute atomic E-state index is 0.479. The molecule has 4 rings (SSSR count). The van der Waals surface area contributed by atoms with Crippen LogP contribution >= 0.6 is 11.8 Å². The first-order chi connectivity index (χ1) is 10.4. The number of pyridine rings is 1. The van der Waals surface area contributed by atoms with Crippen LogP contribution in [0.15, 0.2) is 29.6 Å². The van der Waals surface area contributed by atoms with E-state index in [-0.39, 0.29) is 0 Å². The molecule has 1 aliphatic carbocycles. The van der Waals surface area contributed by atoms with Crippen LogP contribution in [0.2, 0.25) is 0 Å². The predicted molar refractivity (Wildman–Crippen MR) is 75.3 cm³/mol. The number of nitrogens with one attached hydrogen (secondary N) is 1. The average molecular weight is 300 g/mol. The fourth-order valence-electron chi connectivity index (χ4n) is 1.97. The quantitative estimate of drug-likeness (QED) is 0.712. The van der Waals surface area contributed by atoms with Gasteiger partial charge in [-0.3, -0.25) is 10.1 Å². The summed E-state index contributed by atoms with van der Waals surface area (Å²) in [5.41, 5.74) is 0.777. The Morgan fingerprint density at radius 1 is 1.33 bits per heavy atom. The Morgan fingerprint density at radius 3 is 3.10 bits per heavy atom. The lowest BCUT2D eigenvalue weighted by atomic mass is 10.3. The Kier molecular flexibility index (Phi) is 3.11. The second kappa shape index (κ2) is 5.24. The van der Waals surface area contributed by atoms with Crippen LogP contribution in [0.25, 0.3) is 11.5 Å². The van der Waals surface area contributed by atoms with Crippen molar-refractivity contribution in [2.24, 2.45) is 0 Å². The molecule has 21 heavy (non-hydrogen) atoms. The largest absolute Gasteiger partial charge is 0.257 e. The molecule has 9 heteroatoms. The van der Waals surface area contributed by atoms with Gasteiger partial charge in [-0.1, -0.05) is 17.8 Å². The smallest absolute Gasteiger partial charge is 0.209 e. The SMILES string of the molecule is c1ccc(-c2nc(SCc3nnnn3C3CC3)n[nH]2)nc1. The van der Waals surface area contributed by atoms with Crippen molar-refractivity contribution >= 4 is 11.8 Å². The molecule has 0 bridgehead atoms. The van der Waals surface area contributed by atoms with E-state index in [0.29, 0.717) is 22.8 Å². The Morgan fingerprint density at radius 2 is 2.29 bits per heavy atom. The lowest BCUT2D eigenvalue weighted by molar-refractivity contribution is 0.593. The second-order valence-corrected chi connectivity index (χ2v) is 5.68. The molecule has 3 aromatic rings. The number of tetrazole rings is 1. The second-order valence-electron chi connectivity index (χ2n) is 4.74. The maximum Gasteiger partial charge on any atom is 0.209 e. The lowest BCUT2D eigenvalue weighted by Gasteiger charge is -1.99. The van der Waals surface area contributed by atoms with Gasteiger partial charge in [0.2, 0.25) is 5.16 Å². The Labute approximate surface area is 124 Å². The third-order valence-electron chi connectivity index (χ3n) is 3.16. The van der Waals surface area contributed by atoms with Crippen molar-refractivity contribution in [3.63, 3.8) is 0 Å². The molecule has 0 aromatic carbocycles. The Hall–Kier alpha value is -2.29. The standard InChI is InChI=1S/C12H12N8S/c1-2-6-13-9(3-1)11-14-12(17-16-11)21-7-10-15-18-19-20(10)8-4-5-8/h1-3,6,8H,4-5,7H2,(H,14,16,17). The minimum Gasteiger partial charge on any atom is -0.257 e. The van der Waals surface area contributed by atoms with Gasteiger partial charge in [-0.05, 0) is 35.4 Å². The van der Waals surface area contributed by atoms with Crippen molar-refractivity contribution < 1.29 is 0 Å². The van der Waals surface area contributed by atoms with Gasteiger partial charge in [0.25, 0.3) is 0 Å². The Bertz CT molecular complexity index is 733. The summed E-state index contributed by atoms with van der Waals surface area (Å²) in [6.07, 6.45) is 4.05. The van der Waals surface area contributed by atoms with Gasteiger partial charge >= 0.3 is 0 Å². The highest BCUT2D eigenvalue weighted by Crippen LogP contribution is 2.35. The topological polar surface area (TPSA) is 98.1 Å². The molecule has 1 saturated carbocycles. The first-order valence-electron chi connectivity index (χ1n) is 6.63. The van der Waals surface area contributed by atoms with E-state index in [1.165, 1.54) is 11.8 Å². The van der Waals surface area contributed by atoms with E-state index in [4.69, 9.17) is 0 Å². The zero-order valence-electron chi connectivity index (χ0n) is 11.0. The summed E-state index contributed by atoms with van der Waals surface area (Å²) < 4.78 is 1.90. The van der Waals surface area contributed by atoms with Crippen molar-refractivity contribution in [2.45, 2.75) is 29.8 Å². The van der Waals surface area contributed by atoms with E-state index in [2.05, 4.69) is 35.7 Å². The molecule has 3 heterocycles. The highest BCUT2D eigenvalue weighted by atomic mass is 32.2. The lowest BCUT2D eigenvalue weighted by Crippen LogP contribution is -2.02. The third-order valence-corrected chi connectivity index (χ3v) is 4.00. The van der Waals surface area contributed by atoms with Crippen LogP contribution in [-0.2, 0) is 5.75 Å². The summed E-state index contributed by atoms with van der Waals surface area (Å²) in [4.78, 5) is 8.66. The van der Waals surface area contributed by atoms with Gasteiger partial charge in [-0.2, -0.15) is 4.98 Å². The molecule has 3 aromatic heterocycles. The van der Waals surface area contributed by atoms with Gasteiger partial charge in [0.05, 0.1) is 11.8 Å². The van der Waals surface area contributed by atoms with Crippen molar-refractivity contribution in [3.8, 4) is 11.5 Å². The number of aromatic nitrogens is 8. The summed E-state index contributed by atoms with van der Waals surface area (Å²) in [5, 5.41) is 19.6. The third kappa shape index (κ3) is 2.64. The number of H-pyrrole nitrogens is 1. The van der Waals surface area contributed by atoms with Crippen LogP contribution in [0.3, 0.4) is 0 Å². The van der Waals surface area contributed by atoms with Gasteiger partial charge in [0, 0.05) is 6.20 Å². The molecule has 106 valence electrons. The number of rotatable bonds is 5. The molecular formula is C12H12N8S. The van der Waals surface area contributed by atoms with Crippen LogP contribution in [0.1, 0.15) is 24.7 Å². The summed E-state index contributed by atoms with van der Waals surface area (Å²) in [5.74, 6) is 2.19. The van der Waals surface area contributed by atoms with Crippen molar-refractivity contribution in [1.82, 2.24) is 40.4 Å². The zero-order chi connectivity index (χ0) is 14.1. The number of nitrogens with zero attached hydrogens (tertiary/aromatic N) is 7. The summed E-state index contributed by atoms with van der Waals surface area (Å²) >= 11 is 1.51. The van der Waals surface area contributed by atoms with Gasteiger partial charge in [-0.15, -0.1) is 10.2 Å². The average Bonchev–Trinajstić information content (AvgIpc) is 3.09. The molecule has 0 spiro atoms. The van der Waals surface area contributed by atoms with E-state index in [0.717, 1.165) is 24.4 Å². The van der Waals surface area contributed by atoms with E-state index in [9.17, 15) is 0 Å². The number of hydrogen-bond acceptors (Lipinski definition) is 7. The normalized spacial score (nSPS) is 14.5. The molecule has 0 radical (unpaired) electrons. The van der Waals surface area contributed by atoms with E-state index in [1.807, 2.05) is 22.9 Å². The van der Waals surface area contributed by atoms with Gasteiger partial charge in [0.1, 0.15) is 5.69 Å². The highest BCUT2D eigenvalue weighted by Gasteiger charge is 2.27. The predicted octanol–water partition coefficient (Wildman–Crippen LogP) is 1.48. The maximum atomic E-state index is 4.43. The molecule has 1 N–H and O–H groups in total. The van der Waals surface area contributed by atoms with Crippen LogP contribution < -0.4 is 0 Å². The zero-order valence-corrected chi connectivity index (χ0v) is 11.9. The first kappa shape index (κ1) is 12.5. The highest BCUT2D eigenvalue weighted by molar-refractivity contribution is 7.98. The summed E-state index contributed by atoms with van der Waals surface area (Å²) in [6.45, 7) is 0. The Balaban J connectivity index is 1.46. The molecule has 0 aliphatic heterocycles. The monoisotopic (exact) mass is 300 g/mol.